The first-order chi connectivity index (χ1) is 11.5. The second-order valence-electron chi connectivity index (χ2n) is 5.70. The fourth-order valence-electron chi connectivity index (χ4n) is 2.65. The summed E-state index contributed by atoms with van der Waals surface area (Å²) < 4.78 is 15.7. The van der Waals surface area contributed by atoms with Gasteiger partial charge in [-0.3, -0.25) is 4.79 Å². The van der Waals surface area contributed by atoms with Gasteiger partial charge >= 0.3 is 5.97 Å². The van der Waals surface area contributed by atoms with Crippen molar-refractivity contribution in [1.82, 2.24) is 10.2 Å². The molecule has 1 aromatic rings. The third kappa shape index (κ3) is 3.97. The summed E-state index contributed by atoms with van der Waals surface area (Å²) in [5.41, 5.74) is 0.358. The van der Waals surface area contributed by atoms with Gasteiger partial charge in [0, 0.05) is 25.7 Å². The third-order valence-corrected chi connectivity index (χ3v) is 4.02. The van der Waals surface area contributed by atoms with Crippen molar-refractivity contribution in [2.24, 2.45) is 0 Å². The lowest BCUT2D eigenvalue weighted by Gasteiger charge is -2.35. The van der Waals surface area contributed by atoms with Crippen molar-refractivity contribution < 1.29 is 23.8 Å². The molecule has 24 heavy (non-hydrogen) atoms. The molecule has 7 nitrogen and oxygen atoms in total. The molecule has 7 heteroatoms. The first-order valence-corrected chi connectivity index (χ1v) is 7.92. The van der Waals surface area contributed by atoms with Crippen LogP contribution in [0, 0.1) is 0 Å². The van der Waals surface area contributed by atoms with Crippen LogP contribution in [0.1, 0.15) is 24.2 Å². The number of hydrogen-bond donors (Lipinski definition) is 1. The SMILES string of the molecule is COC(=O)c1ccc(O[C@@H](C)C(=O)N2CCNC[C@H]2C)c(OC)c1. The van der Waals surface area contributed by atoms with E-state index in [1.54, 1.807) is 19.1 Å². The van der Waals surface area contributed by atoms with Crippen LogP contribution in [0.2, 0.25) is 0 Å². The molecule has 0 bridgehead atoms. The van der Waals surface area contributed by atoms with Crippen LogP contribution in [0.15, 0.2) is 18.2 Å². The third-order valence-electron chi connectivity index (χ3n) is 4.02. The van der Waals surface area contributed by atoms with Gasteiger partial charge in [-0.1, -0.05) is 0 Å². The number of amides is 1. The van der Waals surface area contributed by atoms with E-state index < -0.39 is 12.1 Å². The molecule has 132 valence electrons. The lowest BCUT2D eigenvalue weighted by atomic mass is 10.2. The van der Waals surface area contributed by atoms with Crippen molar-refractivity contribution in [3.63, 3.8) is 0 Å². The van der Waals surface area contributed by atoms with E-state index >= 15 is 0 Å². The Balaban J connectivity index is 2.11. The molecule has 1 aliphatic heterocycles. The summed E-state index contributed by atoms with van der Waals surface area (Å²) in [4.78, 5) is 26.0. The number of nitrogens with zero attached hydrogens (tertiary/aromatic N) is 1. The topological polar surface area (TPSA) is 77.1 Å². The number of esters is 1. The second-order valence-corrected chi connectivity index (χ2v) is 5.70. The highest BCUT2D eigenvalue weighted by atomic mass is 16.5. The molecule has 2 rings (SSSR count). The van der Waals surface area contributed by atoms with Crippen LogP contribution in [0.25, 0.3) is 0 Å². The Labute approximate surface area is 141 Å². The van der Waals surface area contributed by atoms with Crippen LogP contribution in [0.4, 0.5) is 0 Å². The monoisotopic (exact) mass is 336 g/mol. The number of hydrogen-bond acceptors (Lipinski definition) is 6. The predicted molar refractivity (Wildman–Crippen MR) is 88.5 cm³/mol. The molecule has 0 unspecified atom stereocenters. The number of ether oxygens (including phenoxy) is 3. The van der Waals surface area contributed by atoms with Gasteiger partial charge in [0.2, 0.25) is 0 Å². The van der Waals surface area contributed by atoms with E-state index in [1.807, 2.05) is 11.8 Å². The Morgan fingerprint density at radius 2 is 2.04 bits per heavy atom. The van der Waals surface area contributed by atoms with E-state index in [0.717, 1.165) is 13.1 Å². The molecule has 0 aliphatic carbocycles. The Bertz CT molecular complexity index is 605. The quantitative estimate of drug-likeness (QED) is 0.811. The average molecular weight is 336 g/mol. The maximum Gasteiger partial charge on any atom is 0.337 e. The smallest absolute Gasteiger partial charge is 0.337 e. The zero-order chi connectivity index (χ0) is 17.7. The van der Waals surface area contributed by atoms with Gasteiger partial charge < -0.3 is 24.4 Å². The molecule has 1 aliphatic rings. The molecule has 1 N–H and O–H groups in total. The van der Waals surface area contributed by atoms with Gasteiger partial charge in [0.1, 0.15) is 0 Å². The van der Waals surface area contributed by atoms with Crippen molar-refractivity contribution in [2.75, 3.05) is 33.9 Å². The number of carbonyl (C=O) groups excluding carboxylic acids is 2. The van der Waals surface area contributed by atoms with E-state index in [-0.39, 0.29) is 11.9 Å². The normalized spacial score (nSPS) is 18.7. The van der Waals surface area contributed by atoms with Gasteiger partial charge in [0.25, 0.3) is 5.91 Å². The Morgan fingerprint density at radius 1 is 1.29 bits per heavy atom. The van der Waals surface area contributed by atoms with Crippen LogP contribution in [-0.2, 0) is 9.53 Å². The summed E-state index contributed by atoms with van der Waals surface area (Å²) in [5.74, 6) is 0.265. The molecule has 0 spiro atoms. The standard InChI is InChI=1S/C17H24N2O5/c1-11-10-18-7-8-19(11)16(20)12(2)24-14-6-5-13(17(21)23-4)9-15(14)22-3/h5-6,9,11-12,18H,7-8,10H2,1-4H3/t11-,12+/m1/s1. The summed E-state index contributed by atoms with van der Waals surface area (Å²) in [5, 5.41) is 3.25. The zero-order valence-electron chi connectivity index (χ0n) is 14.5. The minimum atomic E-state index is -0.650. The van der Waals surface area contributed by atoms with Gasteiger partial charge in [-0.15, -0.1) is 0 Å². The second kappa shape index (κ2) is 8.01. The lowest BCUT2D eigenvalue weighted by Crippen LogP contribution is -2.55. The maximum absolute atomic E-state index is 12.6. The van der Waals surface area contributed by atoms with Crippen LogP contribution < -0.4 is 14.8 Å². The van der Waals surface area contributed by atoms with E-state index in [0.29, 0.717) is 23.6 Å². The Hall–Kier alpha value is -2.28. The van der Waals surface area contributed by atoms with Crippen molar-refractivity contribution in [2.45, 2.75) is 26.0 Å². The van der Waals surface area contributed by atoms with Crippen molar-refractivity contribution in [3.8, 4) is 11.5 Å². The van der Waals surface area contributed by atoms with E-state index in [2.05, 4.69) is 10.1 Å². The molecule has 1 saturated heterocycles. The van der Waals surface area contributed by atoms with Crippen LogP contribution in [0.3, 0.4) is 0 Å². The predicted octanol–water partition coefficient (Wildman–Crippen LogP) is 1.07. The molecular formula is C17H24N2O5. The lowest BCUT2D eigenvalue weighted by molar-refractivity contribution is -0.140. The van der Waals surface area contributed by atoms with Crippen LogP contribution >= 0.6 is 0 Å². The Kier molecular flexibility index (Phi) is 6.03. The summed E-state index contributed by atoms with van der Waals surface area (Å²) in [6.45, 7) is 5.93. The molecule has 2 atom stereocenters. The summed E-state index contributed by atoms with van der Waals surface area (Å²) in [6, 6.07) is 4.84. The van der Waals surface area contributed by atoms with Gasteiger partial charge in [0.15, 0.2) is 17.6 Å². The number of nitrogens with one attached hydrogen (secondary N) is 1. The molecule has 1 heterocycles. The van der Waals surface area contributed by atoms with E-state index in [4.69, 9.17) is 9.47 Å². The molecule has 0 aromatic heterocycles. The average Bonchev–Trinajstić information content (AvgIpc) is 2.61. The van der Waals surface area contributed by atoms with Crippen LogP contribution in [0.5, 0.6) is 11.5 Å². The highest BCUT2D eigenvalue weighted by molar-refractivity contribution is 5.90. The van der Waals surface area contributed by atoms with Crippen molar-refractivity contribution in [1.29, 1.82) is 0 Å². The highest BCUT2D eigenvalue weighted by Crippen LogP contribution is 2.29. The summed E-state index contributed by atoms with van der Waals surface area (Å²) in [6.07, 6.45) is -0.650. The number of benzene rings is 1. The number of rotatable bonds is 5. The molecule has 1 fully saturated rings. The first-order valence-electron chi connectivity index (χ1n) is 7.92. The van der Waals surface area contributed by atoms with Gasteiger partial charge in [-0.05, 0) is 32.0 Å². The fourth-order valence-corrected chi connectivity index (χ4v) is 2.65. The molecule has 0 radical (unpaired) electrons. The molecule has 1 aromatic carbocycles. The maximum atomic E-state index is 12.6. The summed E-state index contributed by atoms with van der Waals surface area (Å²) >= 11 is 0. The number of carbonyl (C=O) groups is 2. The van der Waals surface area contributed by atoms with Crippen molar-refractivity contribution >= 4 is 11.9 Å². The van der Waals surface area contributed by atoms with Crippen molar-refractivity contribution in [3.05, 3.63) is 23.8 Å². The number of piperazine rings is 1. The summed E-state index contributed by atoms with van der Waals surface area (Å²) in [7, 11) is 2.79. The molecular weight excluding hydrogens is 312 g/mol. The van der Waals surface area contributed by atoms with E-state index in [9.17, 15) is 9.59 Å². The first kappa shape index (κ1) is 18.1. The van der Waals surface area contributed by atoms with Gasteiger partial charge in [-0.2, -0.15) is 0 Å². The largest absolute Gasteiger partial charge is 0.493 e. The van der Waals surface area contributed by atoms with E-state index in [1.165, 1.54) is 20.3 Å². The van der Waals surface area contributed by atoms with Crippen LogP contribution in [-0.4, -0.2) is 62.8 Å². The van der Waals surface area contributed by atoms with Gasteiger partial charge in [0.05, 0.1) is 19.8 Å². The molecule has 0 saturated carbocycles. The fraction of sp³-hybridized carbons (Fsp3) is 0.529. The van der Waals surface area contributed by atoms with Gasteiger partial charge in [-0.25, -0.2) is 4.79 Å². The minimum Gasteiger partial charge on any atom is -0.493 e. The molecule has 1 amide bonds. The minimum absolute atomic E-state index is 0.0666. The highest BCUT2D eigenvalue weighted by Gasteiger charge is 2.28. The number of methoxy groups -OCH3 is 2. The zero-order valence-corrected chi connectivity index (χ0v) is 14.5. The Morgan fingerprint density at radius 3 is 2.67 bits per heavy atom.